The monoisotopic (exact) mass is 380 g/mol. The molecule has 0 unspecified atom stereocenters. The standard InChI is InChI=1S/C18H13ClN6S/c1-11-16(24-9-3-2-4-14(24)20-11)17-21-22-18-25(17)23-15(26-18)10-12-5-7-13(19)8-6-12/h2-9H,10H2,1H3. The second kappa shape index (κ2) is 5.89. The zero-order chi connectivity index (χ0) is 17.7. The summed E-state index contributed by atoms with van der Waals surface area (Å²) in [5.41, 5.74) is 3.86. The molecule has 128 valence electrons. The highest BCUT2D eigenvalue weighted by atomic mass is 35.5. The Bertz CT molecular complexity index is 1230. The van der Waals surface area contributed by atoms with Crippen LogP contribution in [-0.2, 0) is 6.42 Å². The number of fused-ring (bicyclic) bond motifs is 2. The molecule has 0 bridgehead atoms. The highest BCUT2D eigenvalue weighted by Crippen LogP contribution is 2.26. The third-order valence-electron chi connectivity index (χ3n) is 4.22. The van der Waals surface area contributed by atoms with Gasteiger partial charge in [0, 0.05) is 17.6 Å². The predicted octanol–water partition coefficient (Wildman–Crippen LogP) is 4.05. The number of aryl methyl sites for hydroxylation is 1. The maximum Gasteiger partial charge on any atom is 0.235 e. The molecule has 0 saturated heterocycles. The van der Waals surface area contributed by atoms with Gasteiger partial charge in [0.1, 0.15) is 16.3 Å². The van der Waals surface area contributed by atoms with Gasteiger partial charge in [-0.2, -0.15) is 9.61 Å². The molecular formula is C18H13ClN6S. The van der Waals surface area contributed by atoms with E-state index in [2.05, 4.69) is 15.2 Å². The molecule has 0 fully saturated rings. The number of imidazole rings is 1. The van der Waals surface area contributed by atoms with Crippen LogP contribution in [0.1, 0.15) is 16.3 Å². The van der Waals surface area contributed by atoms with Crippen molar-refractivity contribution in [1.29, 1.82) is 0 Å². The van der Waals surface area contributed by atoms with E-state index in [4.69, 9.17) is 16.7 Å². The highest BCUT2D eigenvalue weighted by molar-refractivity contribution is 7.16. The summed E-state index contributed by atoms with van der Waals surface area (Å²) in [5.74, 6) is 0.704. The maximum atomic E-state index is 5.96. The van der Waals surface area contributed by atoms with Crippen LogP contribution in [0.15, 0.2) is 48.7 Å². The topological polar surface area (TPSA) is 60.4 Å². The normalized spacial score (nSPS) is 11.6. The summed E-state index contributed by atoms with van der Waals surface area (Å²) in [6.07, 6.45) is 2.71. The van der Waals surface area contributed by atoms with Gasteiger partial charge in [-0.3, -0.25) is 4.40 Å². The molecular weight excluding hydrogens is 368 g/mol. The summed E-state index contributed by atoms with van der Waals surface area (Å²) < 4.78 is 3.82. The molecule has 0 radical (unpaired) electrons. The van der Waals surface area contributed by atoms with Crippen molar-refractivity contribution in [3.8, 4) is 11.5 Å². The molecule has 1 aromatic carbocycles. The fourth-order valence-electron chi connectivity index (χ4n) is 3.04. The first kappa shape index (κ1) is 15.5. The van der Waals surface area contributed by atoms with Crippen molar-refractivity contribution < 1.29 is 0 Å². The van der Waals surface area contributed by atoms with Crippen molar-refractivity contribution in [3.63, 3.8) is 0 Å². The van der Waals surface area contributed by atoms with E-state index in [-0.39, 0.29) is 0 Å². The molecule has 0 aliphatic rings. The lowest BCUT2D eigenvalue weighted by Crippen LogP contribution is -1.97. The molecule has 0 saturated carbocycles. The zero-order valence-corrected chi connectivity index (χ0v) is 15.4. The fraction of sp³-hybridized carbons (Fsp3) is 0.111. The van der Waals surface area contributed by atoms with Gasteiger partial charge in [-0.15, -0.1) is 10.2 Å². The number of pyridine rings is 1. The average molecular weight is 381 g/mol. The van der Waals surface area contributed by atoms with Gasteiger partial charge < -0.3 is 0 Å². The zero-order valence-electron chi connectivity index (χ0n) is 13.8. The lowest BCUT2D eigenvalue weighted by molar-refractivity contribution is 0.908. The molecule has 6 nitrogen and oxygen atoms in total. The quantitative estimate of drug-likeness (QED) is 0.473. The lowest BCUT2D eigenvalue weighted by Gasteiger charge is -2.00. The van der Waals surface area contributed by atoms with Gasteiger partial charge in [0.2, 0.25) is 10.8 Å². The highest BCUT2D eigenvalue weighted by Gasteiger charge is 2.19. The average Bonchev–Trinajstić information content (AvgIpc) is 3.29. The van der Waals surface area contributed by atoms with E-state index in [9.17, 15) is 0 Å². The van der Waals surface area contributed by atoms with Gasteiger partial charge in [0.25, 0.3) is 0 Å². The van der Waals surface area contributed by atoms with Crippen LogP contribution < -0.4 is 0 Å². The van der Waals surface area contributed by atoms with Crippen molar-refractivity contribution in [1.82, 2.24) is 29.2 Å². The first-order valence-electron chi connectivity index (χ1n) is 8.09. The molecule has 0 spiro atoms. The van der Waals surface area contributed by atoms with E-state index in [0.717, 1.165) is 44.0 Å². The first-order chi connectivity index (χ1) is 12.7. The minimum atomic E-state index is 0.704. The summed E-state index contributed by atoms with van der Waals surface area (Å²) in [7, 11) is 0. The van der Waals surface area contributed by atoms with Gasteiger partial charge in [0.05, 0.1) is 5.69 Å². The third-order valence-corrected chi connectivity index (χ3v) is 5.37. The van der Waals surface area contributed by atoms with Crippen molar-refractivity contribution in [2.24, 2.45) is 0 Å². The molecule has 4 heterocycles. The van der Waals surface area contributed by atoms with Gasteiger partial charge >= 0.3 is 0 Å². The minimum absolute atomic E-state index is 0.704. The van der Waals surface area contributed by atoms with Crippen LogP contribution >= 0.6 is 22.9 Å². The van der Waals surface area contributed by atoms with Crippen LogP contribution in [0.4, 0.5) is 0 Å². The molecule has 0 amide bonds. The molecule has 5 rings (SSSR count). The second-order valence-electron chi connectivity index (χ2n) is 5.99. The Morgan fingerprint density at radius 2 is 1.92 bits per heavy atom. The number of hydrogen-bond acceptors (Lipinski definition) is 5. The van der Waals surface area contributed by atoms with Crippen molar-refractivity contribution >= 4 is 33.5 Å². The summed E-state index contributed by atoms with van der Waals surface area (Å²) in [6.45, 7) is 1.98. The number of hydrogen-bond donors (Lipinski definition) is 0. The second-order valence-corrected chi connectivity index (χ2v) is 7.47. The minimum Gasteiger partial charge on any atom is -0.297 e. The number of benzene rings is 1. The Labute approximate surface area is 157 Å². The smallest absolute Gasteiger partial charge is 0.235 e. The Balaban J connectivity index is 1.60. The molecule has 5 aromatic rings. The predicted molar refractivity (Wildman–Crippen MR) is 102 cm³/mol. The van der Waals surface area contributed by atoms with Gasteiger partial charge in [-0.1, -0.05) is 41.1 Å². The summed E-state index contributed by atoms with van der Waals surface area (Å²) in [6, 6.07) is 13.7. The third kappa shape index (κ3) is 2.48. The SMILES string of the molecule is Cc1nc2ccccn2c1-c1nnc2sc(Cc3ccc(Cl)cc3)nn12. The molecule has 26 heavy (non-hydrogen) atoms. The summed E-state index contributed by atoms with van der Waals surface area (Å²) >= 11 is 7.50. The molecule has 4 aromatic heterocycles. The molecule has 0 N–H and O–H groups in total. The van der Waals surface area contributed by atoms with E-state index in [1.165, 1.54) is 0 Å². The molecule has 0 atom stereocenters. The number of halogens is 1. The Morgan fingerprint density at radius 1 is 1.08 bits per heavy atom. The summed E-state index contributed by atoms with van der Waals surface area (Å²) in [4.78, 5) is 5.38. The van der Waals surface area contributed by atoms with Gasteiger partial charge in [0.15, 0.2) is 0 Å². The Hall–Kier alpha value is -2.77. The fourth-order valence-corrected chi connectivity index (χ4v) is 4.03. The molecule has 0 aliphatic carbocycles. The van der Waals surface area contributed by atoms with Crippen LogP contribution in [0.25, 0.3) is 22.1 Å². The lowest BCUT2D eigenvalue weighted by atomic mass is 10.2. The van der Waals surface area contributed by atoms with Crippen LogP contribution in [-0.4, -0.2) is 29.2 Å². The maximum absolute atomic E-state index is 5.96. The van der Waals surface area contributed by atoms with Crippen LogP contribution in [0, 0.1) is 6.92 Å². The van der Waals surface area contributed by atoms with Crippen LogP contribution in [0.5, 0.6) is 0 Å². The number of rotatable bonds is 3. The van der Waals surface area contributed by atoms with E-state index >= 15 is 0 Å². The van der Waals surface area contributed by atoms with Crippen LogP contribution in [0.3, 0.4) is 0 Å². The first-order valence-corrected chi connectivity index (χ1v) is 9.28. The Morgan fingerprint density at radius 3 is 2.77 bits per heavy atom. The van der Waals surface area contributed by atoms with E-state index in [1.54, 1.807) is 15.9 Å². The van der Waals surface area contributed by atoms with Gasteiger partial charge in [-0.25, -0.2) is 4.98 Å². The van der Waals surface area contributed by atoms with Crippen molar-refractivity contribution in [2.75, 3.05) is 0 Å². The summed E-state index contributed by atoms with van der Waals surface area (Å²) in [5, 5.41) is 15.1. The number of nitrogens with zero attached hydrogens (tertiary/aromatic N) is 6. The largest absolute Gasteiger partial charge is 0.297 e. The van der Waals surface area contributed by atoms with E-state index in [0.29, 0.717) is 5.82 Å². The molecule has 0 aliphatic heterocycles. The number of aromatic nitrogens is 6. The van der Waals surface area contributed by atoms with Crippen molar-refractivity contribution in [3.05, 3.63) is 69.9 Å². The van der Waals surface area contributed by atoms with Crippen molar-refractivity contribution in [2.45, 2.75) is 13.3 Å². The van der Waals surface area contributed by atoms with E-state index in [1.807, 2.05) is 60.0 Å². The van der Waals surface area contributed by atoms with Crippen LogP contribution in [0.2, 0.25) is 5.02 Å². The Kier molecular flexibility index (Phi) is 3.51. The van der Waals surface area contributed by atoms with Gasteiger partial charge in [-0.05, 0) is 36.8 Å². The van der Waals surface area contributed by atoms with E-state index < -0.39 is 0 Å². The molecule has 8 heteroatoms.